The predicted molar refractivity (Wildman–Crippen MR) is 104 cm³/mol. The molecule has 4 nitrogen and oxygen atoms in total. The summed E-state index contributed by atoms with van der Waals surface area (Å²) in [7, 11) is 0. The molecule has 0 saturated heterocycles. The van der Waals surface area contributed by atoms with E-state index < -0.39 is 5.97 Å². The second-order valence-corrected chi connectivity index (χ2v) is 7.77. The highest BCUT2D eigenvalue weighted by atomic mass is 16.5. The number of unbranched alkanes of at least 4 members (excludes halogenated alkanes) is 9. The van der Waals surface area contributed by atoms with Gasteiger partial charge in [-0.1, -0.05) is 85.1 Å². The first-order chi connectivity index (χ1) is 11.7. The van der Waals surface area contributed by atoms with Gasteiger partial charge in [0.25, 0.3) is 5.97 Å². The van der Waals surface area contributed by atoms with Crippen LogP contribution in [0.25, 0.3) is 0 Å². The first-order valence-corrected chi connectivity index (χ1v) is 9.69. The Morgan fingerprint density at radius 1 is 0.880 bits per heavy atom. The van der Waals surface area contributed by atoms with E-state index in [4.69, 9.17) is 9.90 Å². The minimum atomic E-state index is -0.833. The van der Waals surface area contributed by atoms with Gasteiger partial charge in [0.15, 0.2) is 0 Å². The summed E-state index contributed by atoms with van der Waals surface area (Å²) in [5.74, 6) is -0.986. The fourth-order valence-electron chi connectivity index (χ4n) is 2.49. The number of carboxylic acids is 1. The number of hydrogen-bond donors (Lipinski definition) is 1. The molecular weight excluding hydrogens is 316 g/mol. The zero-order chi connectivity index (χ0) is 19.6. The lowest BCUT2D eigenvalue weighted by atomic mass is 9.89. The number of rotatable bonds is 13. The van der Waals surface area contributed by atoms with Crippen molar-refractivity contribution < 1.29 is 19.4 Å². The van der Waals surface area contributed by atoms with Crippen LogP contribution in [0.4, 0.5) is 0 Å². The lowest BCUT2D eigenvalue weighted by Crippen LogP contribution is -2.03. The predicted octanol–water partition coefficient (Wildman–Crippen LogP) is 6.49. The smallest absolute Gasteiger partial charge is 0.310 e. The van der Waals surface area contributed by atoms with E-state index >= 15 is 0 Å². The van der Waals surface area contributed by atoms with Crippen molar-refractivity contribution in [1.82, 2.24) is 0 Å². The van der Waals surface area contributed by atoms with Crippen LogP contribution in [-0.2, 0) is 14.3 Å². The minimum Gasteiger partial charge on any atom is -0.481 e. The maximum Gasteiger partial charge on any atom is 0.310 e. The third kappa shape index (κ3) is 31.0. The molecule has 0 heterocycles. The summed E-state index contributed by atoms with van der Waals surface area (Å²) in [6.07, 6.45) is 16.0. The minimum absolute atomic E-state index is 0.153. The molecule has 0 atom stereocenters. The highest BCUT2D eigenvalue weighted by molar-refractivity contribution is 5.69. The van der Waals surface area contributed by atoms with E-state index in [1.165, 1.54) is 64.0 Å². The fraction of sp³-hybridized carbons (Fsp3) is 0.810. The van der Waals surface area contributed by atoms with Gasteiger partial charge in [-0.3, -0.25) is 9.59 Å². The molecule has 4 heteroatoms. The van der Waals surface area contributed by atoms with Crippen LogP contribution in [0.1, 0.15) is 105 Å². The number of ether oxygens (including phenoxy) is 1. The molecule has 0 aromatic carbocycles. The number of carbonyl (C=O) groups excluding carboxylic acids is 1. The summed E-state index contributed by atoms with van der Waals surface area (Å²) in [6.45, 7) is 11.4. The van der Waals surface area contributed by atoms with Crippen molar-refractivity contribution in [2.75, 3.05) is 0 Å². The van der Waals surface area contributed by atoms with Gasteiger partial charge in [-0.05, 0) is 18.3 Å². The van der Waals surface area contributed by atoms with Crippen molar-refractivity contribution in [3.05, 3.63) is 12.8 Å². The topological polar surface area (TPSA) is 63.6 Å². The highest BCUT2D eigenvalue weighted by Gasteiger charge is 2.08. The molecule has 0 aromatic heterocycles. The summed E-state index contributed by atoms with van der Waals surface area (Å²) < 4.78 is 4.68. The Bertz CT molecular complexity index is 338. The molecule has 0 aliphatic carbocycles. The molecule has 25 heavy (non-hydrogen) atoms. The monoisotopic (exact) mass is 356 g/mol. The van der Waals surface area contributed by atoms with Crippen LogP contribution < -0.4 is 0 Å². The third-order valence-corrected chi connectivity index (χ3v) is 3.77. The summed E-state index contributed by atoms with van der Waals surface area (Å²) >= 11 is 0. The van der Waals surface area contributed by atoms with Gasteiger partial charge in [-0.2, -0.15) is 0 Å². The standard InChI is InChI=1S/C19H36O2.C2H4O2/c1-5-21-18(20)16-14-12-10-8-6-7-9-11-13-15-17-19(2,3)4;1-2(3)4/h5H,1,6-17H2,2-4H3;1H3,(H,3,4). The van der Waals surface area contributed by atoms with Crippen molar-refractivity contribution in [2.24, 2.45) is 5.41 Å². The zero-order valence-electron chi connectivity index (χ0n) is 16.9. The molecule has 1 N–H and O–H groups in total. The fourth-order valence-corrected chi connectivity index (χ4v) is 2.49. The Morgan fingerprint density at radius 2 is 1.24 bits per heavy atom. The Morgan fingerprint density at radius 3 is 1.60 bits per heavy atom. The maximum atomic E-state index is 11.1. The lowest BCUT2D eigenvalue weighted by molar-refractivity contribution is -0.138. The van der Waals surface area contributed by atoms with Gasteiger partial charge in [0.2, 0.25) is 0 Å². The lowest BCUT2D eigenvalue weighted by Gasteiger charge is -2.17. The van der Waals surface area contributed by atoms with Crippen LogP contribution in [0, 0.1) is 5.41 Å². The van der Waals surface area contributed by atoms with Crippen LogP contribution in [0.3, 0.4) is 0 Å². The van der Waals surface area contributed by atoms with E-state index in [2.05, 4.69) is 32.1 Å². The Hall–Kier alpha value is -1.32. The van der Waals surface area contributed by atoms with E-state index in [0.29, 0.717) is 11.8 Å². The Kier molecular flexibility index (Phi) is 18.1. The average Bonchev–Trinajstić information content (AvgIpc) is 2.47. The number of carbonyl (C=O) groups is 2. The number of carboxylic acid groups (broad SMARTS) is 1. The molecule has 0 radical (unpaired) electrons. The van der Waals surface area contributed by atoms with Crippen LogP contribution in [-0.4, -0.2) is 17.0 Å². The van der Waals surface area contributed by atoms with E-state index in [1.54, 1.807) is 0 Å². The van der Waals surface area contributed by atoms with Crippen molar-refractivity contribution in [3.8, 4) is 0 Å². The van der Waals surface area contributed by atoms with Crippen LogP contribution in [0.2, 0.25) is 0 Å². The van der Waals surface area contributed by atoms with Gasteiger partial charge >= 0.3 is 5.97 Å². The molecule has 0 rings (SSSR count). The van der Waals surface area contributed by atoms with E-state index in [-0.39, 0.29) is 5.97 Å². The molecule has 0 fully saturated rings. The summed E-state index contributed by atoms with van der Waals surface area (Å²) in [4.78, 5) is 20.1. The first-order valence-electron chi connectivity index (χ1n) is 9.69. The largest absolute Gasteiger partial charge is 0.481 e. The Labute approximate surface area is 155 Å². The second-order valence-electron chi connectivity index (χ2n) is 7.77. The third-order valence-electron chi connectivity index (χ3n) is 3.77. The number of esters is 1. The quantitative estimate of drug-likeness (QED) is 0.233. The van der Waals surface area contributed by atoms with Crippen molar-refractivity contribution >= 4 is 11.9 Å². The summed E-state index contributed by atoms with van der Waals surface area (Å²) in [5, 5.41) is 7.42. The summed E-state index contributed by atoms with van der Waals surface area (Å²) in [5.41, 5.74) is 0.498. The van der Waals surface area contributed by atoms with Gasteiger partial charge in [-0.25, -0.2) is 0 Å². The molecule has 0 unspecified atom stereocenters. The van der Waals surface area contributed by atoms with E-state index in [9.17, 15) is 4.79 Å². The average molecular weight is 357 g/mol. The van der Waals surface area contributed by atoms with Crippen molar-refractivity contribution in [1.29, 1.82) is 0 Å². The SMILES string of the molecule is C=COC(=O)CCCCCCCCCCCCC(C)(C)C.CC(=O)O. The Balaban J connectivity index is 0. The van der Waals surface area contributed by atoms with Crippen LogP contribution >= 0.6 is 0 Å². The maximum absolute atomic E-state index is 11.1. The molecule has 0 bridgehead atoms. The molecule has 0 aliphatic heterocycles. The normalized spacial score (nSPS) is 10.6. The van der Waals surface area contributed by atoms with Crippen LogP contribution in [0.5, 0.6) is 0 Å². The van der Waals surface area contributed by atoms with E-state index in [0.717, 1.165) is 19.8 Å². The molecule has 0 aromatic rings. The van der Waals surface area contributed by atoms with E-state index in [1.807, 2.05) is 0 Å². The van der Waals surface area contributed by atoms with Gasteiger partial charge in [-0.15, -0.1) is 0 Å². The molecule has 0 aliphatic rings. The first kappa shape index (κ1) is 25.9. The van der Waals surface area contributed by atoms with Gasteiger partial charge in [0.05, 0.1) is 6.26 Å². The molecule has 0 spiro atoms. The van der Waals surface area contributed by atoms with Gasteiger partial charge in [0.1, 0.15) is 0 Å². The molecule has 148 valence electrons. The number of aliphatic carboxylic acids is 1. The molecule has 0 saturated carbocycles. The molecular formula is C21H40O4. The molecule has 0 amide bonds. The highest BCUT2D eigenvalue weighted by Crippen LogP contribution is 2.22. The zero-order valence-corrected chi connectivity index (χ0v) is 16.9. The van der Waals surface area contributed by atoms with Crippen LogP contribution in [0.15, 0.2) is 12.8 Å². The van der Waals surface area contributed by atoms with Gasteiger partial charge in [0, 0.05) is 13.3 Å². The van der Waals surface area contributed by atoms with Crippen molar-refractivity contribution in [3.63, 3.8) is 0 Å². The van der Waals surface area contributed by atoms with Gasteiger partial charge < -0.3 is 9.84 Å². The van der Waals surface area contributed by atoms with Crippen molar-refractivity contribution in [2.45, 2.75) is 105 Å². The second kappa shape index (κ2) is 17.5. The summed E-state index contributed by atoms with van der Waals surface area (Å²) in [6, 6.07) is 0. The number of hydrogen-bond acceptors (Lipinski definition) is 3.